The van der Waals surface area contributed by atoms with Gasteiger partial charge in [0.1, 0.15) is 5.82 Å². The van der Waals surface area contributed by atoms with Crippen LogP contribution in [-0.2, 0) is 12.8 Å². The summed E-state index contributed by atoms with van der Waals surface area (Å²) in [5, 5.41) is 0. The van der Waals surface area contributed by atoms with Crippen LogP contribution in [0, 0.1) is 11.7 Å². The van der Waals surface area contributed by atoms with E-state index in [1.165, 1.54) is 12.8 Å². The lowest BCUT2D eigenvalue weighted by Gasteiger charge is -2.17. The minimum Gasteiger partial charge on any atom is -0.398 e. The summed E-state index contributed by atoms with van der Waals surface area (Å²) in [7, 11) is 0. The van der Waals surface area contributed by atoms with Crippen molar-refractivity contribution in [2.24, 2.45) is 5.92 Å². The average Bonchev–Trinajstić information content (AvgIpc) is 2.99. The molecule has 0 saturated heterocycles. The molecule has 0 aliphatic heterocycles. The largest absolute Gasteiger partial charge is 0.398 e. The molecule has 0 bridgehead atoms. The van der Waals surface area contributed by atoms with E-state index in [1.54, 1.807) is 6.07 Å². The monoisotopic (exact) mass is 219 g/mol. The van der Waals surface area contributed by atoms with Gasteiger partial charge in [0.25, 0.3) is 0 Å². The van der Waals surface area contributed by atoms with Gasteiger partial charge in [-0.1, -0.05) is 6.92 Å². The van der Waals surface area contributed by atoms with Crippen molar-refractivity contribution in [3.63, 3.8) is 0 Å². The zero-order chi connectivity index (χ0) is 11.3. The molecule has 1 atom stereocenters. The summed E-state index contributed by atoms with van der Waals surface area (Å²) in [6, 6.07) is 1.70. The van der Waals surface area contributed by atoms with Gasteiger partial charge >= 0.3 is 0 Å². The van der Waals surface area contributed by atoms with E-state index < -0.39 is 0 Å². The first kappa shape index (κ1) is 10.1. The molecule has 16 heavy (non-hydrogen) atoms. The molecule has 0 spiro atoms. The van der Waals surface area contributed by atoms with Gasteiger partial charge in [-0.25, -0.2) is 4.39 Å². The van der Waals surface area contributed by atoms with Gasteiger partial charge in [0, 0.05) is 5.69 Å². The molecular weight excluding hydrogens is 201 g/mol. The highest BCUT2D eigenvalue weighted by molar-refractivity contribution is 5.60. The van der Waals surface area contributed by atoms with Gasteiger partial charge < -0.3 is 5.73 Å². The van der Waals surface area contributed by atoms with Crippen molar-refractivity contribution in [2.75, 3.05) is 5.73 Å². The molecule has 2 aliphatic rings. The Morgan fingerprint density at radius 1 is 1.31 bits per heavy atom. The molecule has 2 aliphatic carbocycles. The minimum atomic E-state index is -0.0239. The van der Waals surface area contributed by atoms with E-state index in [1.807, 2.05) is 0 Å². The van der Waals surface area contributed by atoms with Crippen LogP contribution in [0.2, 0.25) is 0 Å². The maximum Gasteiger partial charge on any atom is 0.127 e. The Balaban J connectivity index is 2.08. The molecule has 1 aromatic carbocycles. The van der Waals surface area contributed by atoms with E-state index >= 15 is 0 Å². The number of anilines is 1. The lowest BCUT2D eigenvalue weighted by Crippen LogP contribution is -2.06. The summed E-state index contributed by atoms with van der Waals surface area (Å²) in [5.74, 6) is 1.14. The topological polar surface area (TPSA) is 26.0 Å². The van der Waals surface area contributed by atoms with Gasteiger partial charge in [-0.3, -0.25) is 0 Å². The van der Waals surface area contributed by atoms with Crippen molar-refractivity contribution in [3.05, 3.63) is 28.6 Å². The zero-order valence-corrected chi connectivity index (χ0v) is 9.72. The molecule has 2 heteroatoms. The maximum absolute atomic E-state index is 13.9. The fourth-order valence-corrected chi connectivity index (χ4v) is 3.01. The number of nitrogen functional groups attached to an aromatic ring is 1. The van der Waals surface area contributed by atoms with Gasteiger partial charge in [-0.05, 0) is 66.7 Å². The third kappa shape index (κ3) is 1.43. The fourth-order valence-electron chi connectivity index (χ4n) is 3.01. The lowest BCUT2D eigenvalue weighted by molar-refractivity contribution is 0.600. The van der Waals surface area contributed by atoms with Crippen molar-refractivity contribution in [2.45, 2.75) is 44.9 Å². The quantitative estimate of drug-likeness (QED) is 0.758. The standard InChI is InChI=1S/C14H18FN/c1-8(9-5-6-9)12-7-13(15)10-3-2-4-11(10)14(12)16/h7-9H,2-6,16H2,1H3/t8-/m1/s1. The zero-order valence-electron chi connectivity index (χ0n) is 9.72. The van der Waals surface area contributed by atoms with Crippen LogP contribution in [-0.4, -0.2) is 0 Å². The van der Waals surface area contributed by atoms with E-state index in [0.717, 1.165) is 47.6 Å². The Morgan fingerprint density at radius 3 is 2.69 bits per heavy atom. The van der Waals surface area contributed by atoms with E-state index in [9.17, 15) is 4.39 Å². The predicted octanol–water partition coefficient (Wildman–Crippen LogP) is 3.41. The number of hydrogen-bond acceptors (Lipinski definition) is 1. The van der Waals surface area contributed by atoms with Crippen LogP contribution in [0.3, 0.4) is 0 Å². The van der Waals surface area contributed by atoms with E-state index in [-0.39, 0.29) is 5.82 Å². The maximum atomic E-state index is 13.9. The van der Waals surface area contributed by atoms with E-state index in [4.69, 9.17) is 5.73 Å². The summed E-state index contributed by atoms with van der Waals surface area (Å²) in [4.78, 5) is 0. The first-order valence-electron chi connectivity index (χ1n) is 6.28. The molecule has 0 radical (unpaired) electrons. The highest BCUT2D eigenvalue weighted by atomic mass is 19.1. The van der Waals surface area contributed by atoms with Crippen LogP contribution < -0.4 is 5.73 Å². The molecule has 86 valence electrons. The molecule has 1 fully saturated rings. The Kier molecular flexibility index (Phi) is 2.20. The number of nitrogens with two attached hydrogens (primary N) is 1. The van der Waals surface area contributed by atoms with Crippen molar-refractivity contribution in [1.29, 1.82) is 0 Å². The smallest absolute Gasteiger partial charge is 0.127 e. The van der Waals surface area contributed by atoms with Crippen LogP contribution in [0.5, 0.6) is 0 Å². The molecule has 2 N–H and O–H groups in total. The van der Waals surface area contributed by atoms with Crippen LogP contribution >= 0.6 is 0 Å². The third-order valence-electron chi connectivity index (χ3n) is 4.24. The number of rotatable bonds is 2. The molecule has 0 aromatic heterocycles. The second-order valence-electron chi connectivity index (χ2n) is 5.30. The third-order valence-corrected chi connectivity index (χ3v) is 4.24. The summed E-state index contributed by atoms with van der Waals surface area (Å²) in [6.07, 6.45) is 5.43. The molecule has 0 amide bonds. The summed E-state index contributed by atoms with van der Waals surface area (Å²) >= 11 is 0. The molecule has 0 heterocycles. The SMILES string of the molecule is C[C@@H](c1cc(F)c2c(c1N)CCC2)C1CC1. The second-order valence-corrected chi connectivity index (χ2v) is 5.30. The van der Waals surface area contributed by atoms with Crippen molar-refractivity contribution < 1.29 is 4.39 Å². The first-order chi connectivity index (χ1) is 7.68. The molecule has 0 unspecified atom stereocenters. The fraction of sp³-hybridized carbons (Fsp3) is 0.571. The Labute approximate surface area is 95.8 Å². The van der Waals surface area contributed by atoms with E-state index in [0.29, 0.717) is 5.92 Å². The van der Waals surface area contributed by atoms with Crippen molar-refractivity contribution >= 4 is 5.69 Å². The Bertz CT molecular complexity index is 435. The normalized spacial score (nSPS) is 20.9. The summed E-state index contributed by atoms with van der Waals surface area (Å²) in [5.41, 5.74) is 10.1. The van der Waals surface area contributed by atoms with Gasteiger partial charge in [0.05, 0.1) is 0 Å². The summed E-state index contributed by atoms with van der Waals surface area (Å²) < 4.78 is 13.9. The molecule has 3 rings (SSSR count). The minimum absolute atomic E-state index is 0.0239. The molecule has 1 nitrogen and oxygen atoms in total. The second kappa shape index (κ2) is 3.47. The molecule has 1 aromatic rings. The highest BCUT2D eigenvalue weighted by Gasteiger charge is 2.32. The number of hydrogen-bond donors (Lipinski definition) is 1. The van der Waals surface area contributed by atoms with Gasteiger partial charge in [-0.15, -0.1) is 0 Å². The highest BCUT2D eigenvalue weighted by Crippen LogP contribution is 2.45. The van der Waals surface area contributed by atoms with E-state index in [2.05, 4.69) is 6.92 Å². The Morgan fingerprint density at radius 2 is 2.00 bits per heavy atom. The van der Waals surface area contributed by atoms with Crippen LogP contribution in [0.25, 0.3) is 0 Å². The number of halogens is 1. The van der Waals surface area contributed by atoms with Crippen molar-refractivity contribution in [3.8, 4) is 0 Å². The van der Waals surface area contributed by atoms with Crippen LogP contribution in [0.15, 0.2) is 6.07 Å². The molecule has 1 saturated carbocycles. The average molecular weight is 219 g/mol. The van der Waals surface area contributed by atoms with Gasteiger partial charge in [0.2, 0.25) is 0 Å². The Hall–Kier alpha value is -1.05. The van der Waals surface area contributed by atoms with Crippen molar-refractivity contribution in [1.82, 2.24) is 0 Å². The first-order valence-corrected chi connectivity index (χ1v) is 6.28. The summed E-state index contributed by atoms with van der Waals surface area (Å²) in [6.45, 7) is 2.18. The van der Waals surface area contributed by atoms with Crippen LogP contribution in [0.1, 0.15) is 48.8 Å². The van der Waals surface area contributed by atoms with Gasteiger partial charge in [-0.2, -0.15) is 0 Å². The molecular formula is C14H18FN. The number of benzene rings is 1. The van der Waals surface area contributed by atoms with Gasteiger partial charge in [0.15, 0.2) is 0 Å². The lowest BCUT2D eigenvalue weighted by atomic mass is 9.91. The predicted molar refractivity (Wildman–Crippen MR) is 64.0 cm³/mol. The van der Waals surface area contributed by atoms with Crippen LogP contribution in [0.4, 0.5) is 10.1 Å². The number of fused-ring (bicyclic) bond motifs is 1.